The van der Waals surface area contributed by atoms with Gasteiger partial charge in [0.1, 0.15) is 0 Å². The second-order valence-electron chi connectivity index (χ2n) is 5.09. The summed E-state index contributed by atoms with van der Waals surface area (Å²) in [6.45, 7) is 4.19. The normalized spacial score (nSPS) is 25.3. The molecule has 2 atom stereocenters. The van der Waals surface area contributed by atoms with Crippen LogP contribution in [0.2, 0.25) is 0 Å². The van der Waals surface area contributed by atoms with E-state index in [0.717, 1.165) is 16.9 Å². The van der Waals surface area contributed by atoms with Gasteiger partial charge in [-0.05, 0) is 31.7 Å². The maximum Gasteiger partial charge on any atom is 0.0188 e. The van der Waals surface area contributed by atoms with Gasteiger partial charge in [0.25, 0.3) is 0 Å². The molecular formula is C13H19NS. The summed E-state index contributed by atoms with van der Waals surface area (Å²) in [4.78, 5) is 0. The Labute approximate surface area is 96.4 Å². The molecule has 0 bridgehead atoms. The van der Waals surface area contributed by atoms with Gasteiger partial charge in [0, 0.05) is 16.5 Å². The zero-order valence-corrected chi connectivity index (χ0v) is 10.3. The van der Waals surface area contributed by atoms with Gasteiger partial charge in [0.15, 0.2) is 0 Å². The van der Waals surface area contributed by atoms with E-state index in [1.54, 1.807) is 0 Å². The second kappa shape index (κ2) is 4.18. The van der Waals surface area contributed by atoms with Crippen LogP contribution in [0.1, 0.15) is 31.7 Å². The lowest BCUT2D eigenvalue weighted by molar-refractivity contribution is 0.591. The molecule has 0 spiro atoms. The van der Waals surface area contributed by atoms with Gasteiger partial charge in [-0.3, -0.25) is 0 Å². The first-order valence-electron chi connectivity index (χ1n) is 5.52. The van der Waals surface area contributed by atoms with E-state index in [-0.39, 0.29) is 5.54 Å². The average molecular weight is 221 g/mol. The quantitative estimate of drug-likeness (QED) is 0.846. The first-order valence-corrected chi connectivity index (χ1v) is 6.56. The lowest BCUT2D eigenvalue weighted by Gasteiger charge is -2.17. The Balaban J connectivity index is 1.82. The lowest BCUT2D eigenvalue weighted by atomic mass is 10.1. The highest BCUT2D eigenvalue weighted by Gasteiger charge is 2.39. The van der Waals surface area contributed by atoms with Crippen molar-refractivity contribution in [1.29, 1.82) is 0 Å². The molecule has 0 saturated heterocycles. The van der Waals surface area contributed by atoms with Crippen LogP contribution in [0.3, 0.4) is 0 Å². The van der Waals surface area contributed by atoms with Crippen LogP contribution in [-0.2, 0) is 0 Å². The van der Waals surface area contributed by atoms with Gasteiger partial charge in [-0.25, -0.2) is 0 Å². The van der Waals surface area contributed by atoms with Crippen molar-refractivity contribution in [3.8, 4) is 0 Å². The van der Waals surface area contributed by atoms with Crippen molar-refractivity contribution in [3.05, 3.63) is 35.9 Å². The first-order chi connectivity index (χ1) is 7.06. The summed E-state index contributed by atoms with van der Waals surface area (Å²) in [7, 11) is 0. The Hall–Kier alpha value is -0.470. The zero-order chi connectivity index (χ0) is 10.9. The van der Waals surface area contributed by atoms with Crippen molar-refractivity contribution < 1.29 is 0 Å². The largest absolute Gasteiger partial charge is 0.325 e. The van der Waals surface area contributed by atoms with E-state index >= 15 is 0 Å². The Morgan fingerprint density at radius 2 is 2.00 bits per heavy atom. The molecule has 0 amide bonds. The minimum absolute atomic E-state index is 0.0332. The molecule has 1 aliphatic rings. The molecule has 2 heteroatoms. The van der Waals surface area contributed by atoms with E-state index in [9.17, 15) is 0 Å². The van der Waals surface area contributed by atoms with Crippen molar-refractivity contribution in [3.63, 3.8) is 0 Å². The third-order valence-electron chi connectivity index (χ3n) is 2.63. The van der Waals surface area contributed by atoms with Crippen LogP contribution in [0.4, 0.5) is 0 Å². The van der Waals surface area contributed by atoms with Crippen molar-refractivity contribution in [2.75, 3.05) is 5.75 Å². The molecule has 2 unspecified atom stereocenters. The molecule has 1 aliphatic carbocycles. The van der Waals surface area contributed by atoms with Gasteiger partial charge in [-0.2, -0.15) is 11.8 Å². The fourth-order valence-corrected chi connectivity index (χ4v) is 3.11. The van der Waals surface area contributed by atoms with Crippen molar-refractivity contribution in [2.45, 2.75) is 37.0 Å². The number of nitrogens with two attached hydrogens (primary N) is 1. The maximum atomic E-state index is 5.97. The van der Waals surface area contributed by atoms with Crippen molar-refractivity contribution in [2.24, 2.45) is 5.73 Å². The number of rotatable bonds is 4. The van der Waals surface area contributed by atoms with Gasteiger partial charge in [0.05, 0.1) is 0 Å². The number of benzene rings is 1. The molecule has 1 saturated carbocycles. The summed E-state index contributed by atoms with van der Waals surface area (Å²) in [6, 6.07) is 10.8. The summed E-state index contributed by atoms with van der Waals surface area (Å²) in [5, 5.41) is 0.801. The lowest BCUT2D eigenvalue weighted by Crippen LogP contribution is -2.34. The first kappa shape index (κ1) is 11.0. The Bertz CT molecular complexity index is 315. The molecule has 1 aromatic carbocycles. The monoisotopic (exact) mass is 221 g/mol. The Morgan fingerprint density at radius 1 is 1.33 bits per heavy atom. The van der Waals surface area contributed by atoms with E-state index in [1.165, 1.54) is 12.0 Å². The summed E-state index contributed by atoms with van der Waals surface area (Å²) < 4.78 is 0. The van der Waals surface area contributed by atoms with Crippen molar-refractivity contribution >= 4 is 11.8 Å². The maximum absolute atomic E-state index is 5.97. The van der Waals surface area contributed by atoms with E-state index < -0.39 is 0 Å². The van der Waals surface area contributed by atoms with Crippen LogP contribution in [-0.4, -0.2) is 16.5 Å². The van der Waals surface area contributed by atoms with Crippen LogP contribution in [0.25, 0.3) is 0 Å². The smallest absolute Gasteiger partial charge is 0.0188 e. The van der Waals surface area contributed by atoms with E-state index in [2.05, 4.69) is 44.2 Å². The molecule has 15 heavy (non-hydrogen) atoms. The van der Waals surface area contributed by atoms with Crippen molar-refractivity contribution in [1.82, 2.24) is 0 Å². The van der Waals surface area contributed by atoms with Gasteiger partial charge in [0.2, 0.25) is 0 Å². The van der Waals surface area contributed by atoms with Gasteiger partial charge < -0.3 is 5.73 Å². The Kier molecular flexibility index (Phi) is 3.08. The molecule has 2 rings (SSSR count). The van der Waals surface area contributed by atoms with Gasteiger partial charge >= 0.3 is 0 Å². The van der Waals surface area contributed by atoms with Crippen LogP contribution in [0.5, 0.6) is 0 Å². The molecule has 0 heterocycles. The second-order valence-corrected chi connectivity index (χ2v) is 6.32. The summed E-state index contributed by atoms with van der Waals surface area (Å²) in [5.74, 6) is 1.83. The van der Waals surface area contributed by atoms with Crippen LogP contribution >= 0.6 is 11.8 Å². The van der Waals surface area contributed by atoms with Crippen LogP contribution in [0.15, 0.2) is 30.3 Å². The number of thioether (sulfide) groups is 1. The molecule has 1 aromatic rings. The highest BCUT2D eigenvalue weighted by atomic mass is 32.2. The average Bonchev–Trinajstić information content (AvgIpc) is 2.94. The van der Waals surface area contributed by atoms with Gasteiger partial charge in [-0.15, -0.1) is 0 Å². The summed E-state index contributed by atoms with van der Waals surface area (Å²) >= 11 is 2.03. The Morgan fingerprint density at radius 3 is 2.60 bits per heavy atom. The van der Waals surface area contributed by atoms with Crippen LogP contribution < -0.4 is 5.73 Å². The molecule has 1 fully saturated rings. The highest BCUT2D eigenvalue weighted by Crippen LogP contribution is 2.49. The minimum Gasteiger partial charge on any atom is -0.325 e. The minimum atomic E-state index is -0.0332. The SMILES string of the molecule is CC(C)(N)CSC1CC1c1ccccc1. The fourth-order valence-electron chi connectivity index (χ4n) is 1.73. The zero-order valence-electron chi connectivity index (χ0n) is 9.44. The molecule has 2 N–H and O–H groups in total. The molecule has 82 valence electrons. The predicted molar refractivity (Wildman–Crippen MR) is 68.3 cm³/mol. The topological polar surface area (TPSA) is 26.0 Å². The number of hydrogen-bond acceptors (Lipinski definition) is 2. The van der Waals surface area contributed by atoms with E-state index in [0.29, 0.717) is 0 Å². The molecular weight excluding hydrogens is 202 g/mol. The summed E-state index contributed by atoms with van der Waals surface area (Å²) in [6.07, 6.45) is 1.32. The van der Waals surface area contributed by atoms with Crippen LogP contribution in [0, 0.1) is 0 Å². The molecule has 0 radical (unpaired) electrons. The standard InChI is InChI=1S/C13H19NS/c1-13(2,14)9-15-12-8-11(12)10-6-4-3-5-7-10/h3-7,11-12H,8-9,14H2,1-2H3. The van der Waals surface area contributed by atoms with Gasteiger partial charge in [-0.1, -0.05) is 30.3 Å². The predicted octanol–water partition coefficient (Wildman–Crippen LogP) is 3.01. The molecule has 0 aliphatic heterocycles. The molecule has 0 aromatic heterocycles. The number of hydrogen-bond donors (Lipinski definition) is 1. The molecule has 1 nitrogen and oxygen atoms in total. The third-order valence-corrected chi connectivity index (χ3v) is 4.49. The van der Waals surface area contributed by atoms with E-state index in [1.807, 2.05) is 11.8 Å². The summed E-state index contributed by atoms with van der Waals surface area (Å²) in [5.41, 5.74) is 7.43. The highest BCUT2D eigenvalue weighted by molar-refractivity contribution is 8.00. The van der Waals surface area contributed by atoms with E-state index in [4.69, 9.17) is 5.73 Å². The fraction of sp³-hybridized carbons (Fsp3) is 0.538. The third kappa shape index (κ3) is 3.25.